The molecule has 0 aromatic heterocycles. The third-order valence-electron chi connectivity index (χ3n) is 5.46. The Labute approximate surface area is 229 Å². The Morgan fingerprint density at radius 3 is 2.35 bits per heavy atom. The molecule has 8 nitrogen and oxygen atoms in total. The van der Waals surface area contributed by atoms with E-state index in [4.69, 9.17) is 4.74 Å². The third-order valence-corrected chi connectivity index (χ3v) is 6.64. The van der Waals surface area contributed by atoms with Gasteiger partial charge in [0.25, 0.3) is 17.7 Å². The van der Waals surface area contributed by atoms with Crippen LogP contribution in [0.3, 0.4) is 0 Å². The van der Waals surface area contributed by atoms with Gasteiger partial charge in [-0.15, -0.1) is 0 Å². The van der Waals surface area contributed by atoms with E-state index in [1.165, 1.54) is 6.08 Å². The molecule has 0 spiro atoms. The number of hydrogen-bond donors (Lipinski definition) is 2. The highest BCUT2D eigenvalue weighted by Gasteiger charge is 2.36. The van der Waals surface area contributed by atoms with Gasteiger partial charge < -0.3 is 10.1 Å². The zero-order valence-corrected chi connectivity index (χ0v) is 23.0. The highest BCUT2D eigenvalue weighted by molar-refractivity contribution is 9.11. The monoisotopic (exact) mass is 625 g/mol. The number of aryl methyl sites for hydroxylation is 2. The van der Waals surface area contributed by atoms with Crippen LogP contribution in [0.2, 0.25) is 0 Å². The molecule has 1 saturated heterocycles. The second-order valence-electron chi connectivity index (χ2n) is 8.26. The van der Waals surface area contributed by atoms with Crippen LogP contribution in [-0.2, 0) is 14.4 Å². The summed E-state index contributed by atoms with van der Waals surface area (Å²) in [5.41, 5.74) is 3.31. The van der Waals surface area contributed by atoms with Crippen LogP contribution in [-0.4, -0.2) is 30.4 Å². The number of ether oxygens (including phenoxy) is 1. The van der Waals surface area contributed by atoms with Gasteiger partial charge in [-0.1, -0.05) is 30.3 Å². The number of anilines is 2. The summed E-state index contributed by atoms with van der Waals surface area (Å²) in [6.07, 6.45) is 1.38. The van der Waals surface area contributed by atoms with Crippen LogP contribution >= 0.6 is 31.9 Å². The van der Waals surface area contributed by atoms with E-state index in [9.17, 15) is 19.2 Å². The zero-order valence-electron chi connectivity index (χ0n) is 19.8. The molecular formula is C27H21Br2N3O5. The number of benzene rings is 3. The van der Waals surface area contributed by atoms with Crippen molar-refractivity contribution in [2.45, 2.75) is 13.8 Å². The first-order valence-corrected chi connectivity index (χ1v) is 12.7. The summed E-state index contributed by atoms with van der Waals surface area (Å²) >= 11 is 6.85. The molecule has 0 saturated carbocycles. The minimum Gasteiger partial charge on any atom is -0.481 e. The van der Waals surface area contributed by atoms with E-state index in [-0.39, 0.29) is 18.1 Å². The van der Waals surface area contributed by atoms with E-state index in [1.807, 2.05) is 32.0 Å². The summed E-state index contributed by atoms with van der Waals surface area (Å²) in [6, 6.07) is 16.6. The van der Waals surface area contributed by atoms with Crippen LogP contribution in [0.1, 0.15) is 16.7 Å². The molecule has 0 bridgehead atoms. The van der Waals surface area contributed by atoms with E-state index < -0.39 is 17.8 Å². The molecule has 2 N–H and O–H groups in total. The smallest absolute Gasteiger partial charge is 0.335 e. The number of rotatable bonds is 6. The fraction of sp³-hybridized carbons (Fsp3) is 0.111. The first kappa shape index (κ1) is 26.3. The van der Waals surface area contributed by atoms with Gasteiger partial charge in [-0.05, 0) is 98.8 Å². The number of nitrogens with zero attached hydrogens (tertiary/aromatic N) is 1. The molecule has 0 unspecified atom stereocenters. The number of amides is 5. The number of carbonyl (C=O) groups is 4. The Kier molecular flexibility index (Phi) is 7.89. The van der Waals surface area contributed by atoms with Gasteiger partial charge >= 0.3 is 6.03 Å². The Morgan fingerprint density at radius 2 is 1.68 bits per heavy atom. The van der Waals surface area contributed by atoms with E-state index in [1.54, 1.807) is 42.5 Å². The van der Waals surface area contributed by atoms with Crippen molar-refractivity contribution in [1.29, 1.82) is 0 Å². The van der Waals surface area contributed by atoms with Crippen molar-refractivity contribution in [2.75, 3.05) is 16.8 Å². The third kappa shape index (κ3) is 5.98. The number of carbonyl (C=O) groups excluding carboxylic acids is 4. The minimum atomic E-state index is -0.816. The van der Waals surface area contributed by atoms with Crippen LogP contribution in [0.5, 0.6) is 5.75 Å². The lowest BCUT2D eigenvalue weighted by molar-refractivity contribution is -0.122. The van der Waals surface area contributed by atoms with Crippen molar-refractivity contribution in [3.05, 3.63) is 91.9 Å². The van der Waals surface area contributed by atoms with Crippen molar-refractivity contribution in [3.8, 4) is 5.75 Å². The normalized spacial score (nSPS) is 14.5. The van der Waals surface area contributed by atoms with Gasteiger partial charge in [0.05, 0.1) is 14.6 Å². The number of hydrogen-bond acceptors (Lipinski definition) is 5. The maximum atomic E-state index is 13.0. The predicted octanol–water partition coefficient (Wildman–Crippen LogP) is 5.51. The van der Waals surface area contributed by atoms with E-state index in [0.717, 1.165) is 16.0 Å². The van der Waals surface area contributed by atoms with Gasteiger partial charge in [-0.25, -0.2) is 9.69 Å². The summed E-state index contributed by atoms with van der Waals surface area (Å²) in [6.45, 7) is 3.61. The lowest BCUT2D eigenvalue weighted by atomic mass is 10.1. The summed E-state index contributed by atoms with van der Waals surface area (Å²) < 4.78 is 6.71. The molecule has 0 aliphatic carbocycles. The number of nitrogens with one attached hydrogen (secondary N) is 2. The highest BCUT2D eigenvalue weighted by atomic mass is 79.9. The lowest BCUT2D eigenvalue weighted by Crippen LogP contribution is -2.54. The standard InChI is InChI=1S/C27H21Br2N3O5/c1-15-8-9-16(2)22(10-15)30-23(33)14-37-24-20(28)12-17(13-21(24)29)11-19-25(34)31-27(36)32(26(19)35)18-6-4-3-5-7-18/h3-13H,14H2,1-2H3,(H,30,33)(H,31,34,36)/b19-11-. The first-order chi connectivity index (χ1) is 17.6. The van der Waals surface area contributed by atoms with Crippen molar-refractivity contribution in [3.63, 3.8) is 0 Å². The first-order valence-electron chi connectivity index (χ1n) is 11.1. The van der Waals surface area contributed by atoms with Crippen LogP contribution in [0.4, 0.5) is 16.2 Å². The largest absolute Gasteiger partial charge is 0.481 e. The number of urea groups is 1. The Bertz CT molecular complexity index is 1430. The molecule has 1 aliphatic heterocycles. The molecule has 188 valence electrons. The topological polar surface area (TPSA) is 105 Å². The second-order valence-corrected chi connectivity index (χ2v) is 9.97. The molecule has 0 radical (unpaired) electrons. The van der Waals surface area contributed by atoms with Crippen LogP contribution in [0.25, 0.3) is 6.08 Å². The predicted molar refractivity (Wildman–Crippen MR) is 147 cm³/mol. The van der Waals surface area contributed by atoms with Crippen molar-refractivity contribution < 1.29 is 23.9 Å². The second kappa shape index (κ2) is 11.1. The van der Waals surface area contributed by atoms with Gasteiger partial charge in [-0.3, -0.25) is 19.7 Å². The fourth-order valence-corrected chi connectivity index (χ4v) is 5.08. The van der Waals surface area contributed by atoms with Crippen molar-refractivity contribution in [1.82, 2.24) is 5.32 Å². The van der Waals surface area contributed by atoms with E-state index >= 15 is 0 Å². The van der Waals surface area contributed by atoms with Gasteiger partial charge in [0, 0.05) is 5.69 Å². The van der Waals surface area contributed by atoms with Gasteiger partial charge in [0.1, 0.15) is 11.3 Å². The van der Waals surface area contributed by atoms with Gasteiger partial charge in [0.2, 0.25) is 0 Å². The highest BCUT2D eigenvalue weighted by Crippen LogP contribution is 2.36. The van der Waals surface area contributed by atoms with E-state index in [2.05, 4.69) is 42.5 Å². The molecule has 3 aromatic rings. The molecule has 1 heterocycles. The molecule has 1 fully saturated rings. The Balaban J connectivity index is 1.52. The van der Waals surface area contributed by atoms with Crippen LogP contribution < -0.4 is 20.3 Å². The Morgan fingerprint density at radius 1 is 1.00 bits per heavy atom. The fourth-order valence-electron chi connectivity index (χ4n) is 3.63. The van der Waals surface area contributed by atoms with Crippen molar-refractivity contribution in [2.24, 2.45) is 0 Å². The van der Waals surface area contributed by atoms with Crippen molar-refractivity contribution >= 4 is 73.1 Å². The average Bonchev–Trinajstić information content (AvgIpc) is 2.84. The van der Waals surface area contributed by atoms with Crippen LogP contribution in [0.15, 0.2) is 75.2 Å². The number of imide groups is 2. The van der Waals surface area contributed by atoms with Crippen LogP contribution in [0, 0.1) is 13.8 Å². The minimum absolute atomic E-state index is 0.205. The average molecular weight is 627 g/mol. The van der Waals surface area contributed by atoms with Gasteiger partial charge in [-0.2, -0.15) is 0 Å². The Hall–Kier alpha value is -3.76. The molecule has 5 amide bonds. The molecule has 4 rings (SSSR count). The lowest BCUT2D eigenvalue weighted by Gasteiger charge is -2.26. The molecule has 37 heavy (non-hydrogen) atoms. The summed E-state index contributed by atoms with van der Waals surface area (Å²) in [4.78, 5) is 51.2. The molecular weight excluding hydrogens is 606 g/mol. The molecule has 3 aromatic carbocycles. The molecule has 0 atom stereocenters. The quantitative estimate of drug-likeness (QED) is 0.277. The number of para-hydroxylation sites is 1. The summed E-state index contributed by atoms with van der Waals surface area (Å²) in [5, 5.41) is 5.03. The number of barbiturate groups is 1. The maximum absolute atomic E-state index is 13.0. The SMILES string of the molecule is Cc1ccc(C)c(NC(=O)COc2c(Br)cc(/C=C3/C(=O)NC(=O)N(c4ccccc4)C3=O)cc2Br)c1. The maximum Gasteiger partial charge on any atom is 0.335 e. The molecule has 10 heteroatoms. The summed E-state index contributed by atoms with van der Waals surface area (Å²) in [7, 11) is 0. The summed E-state index contributed by atoms with van der Waals surface area (Å²) in [5.74, 6) is -1.49. The van der Waals surface area contributed by atoms with E-state index in [0.29, 0.717) is 31.6 Å². The van der Waals surface area contributed by atoms with Gasteiger partial charge in [0.15, 0.2) is 6.61 Å². The zero-order chi connectivity index (χ0) is 26.7. The molecule has 1 aliphatic rings. The number of halogens is 2.